The van der Waals surface area contributed by atoms with E-state index >= 15 is 0 Å². The van der Waals surface area contributed by atoms with Gasteiger partial charge in [0.25, 0.3) is 0 Å². The molecule has 1 aliphatic heterocycles. The first-order chi connectivity index (χ1) is 9.54. The fourth-order valence-electron chi connectivity index (χ4n) is 2.29. The van der Waals surface area contributed by atoms with Gasteiger partial charge in [0, 0.05) is 27.2 Å². The molecule has 2 heterocycles. The Kier molecular flexibility index (Phi) is 3.73. The maximum Gasteiger partial charge on any atom is 0.246 e. The van der Waals surface area contributed by atoms with E-state index in [1.807, 2.05) is 31.2 Å². The number of hydrogen-bond acceptors (Lipinski definition) is 3. The van der Waals surface area contributed by atoms with Gasteiger partial charge in [0.15, 0.2) is 0 Å². The van der Waals surface area contributed by atoms with Crippen LogP contribution in [0.1, 0.15) is 29.4 Å². The zero-order valence-corrected chi connectivity index (χ0v) is 12.9. The van der Waals surface area contributed by atoms with Crippen LogP contribution < -0.4 is 10.6 Å². The van der Waals surface area contributed by atoms with Gasteiger partial charge in [0.05, 0.1) is 4.34 Å². The van der Waals surface area contributed by atoms with E-state index in [-0.39, 0.29) is 18.0 Å². The van der Waals surface area contributed by atoms with E-state index in [9.17, 15) is 4.79 Å². The van der Waals surface area contributed by atoms with Gasteiger partial charge in [0.1, 0.15) is 6.04 Å². The second-order valence-electron chi connectivity index (χ2n) is 4.68. The monoisotopic (exact) mass is 326 g/mol. The molecule has 0 saturated carbocycles. The summed E-state index contributed by atoms with van der Waals surface area (Å²) in [6.45, 7) is 2.01. The molecule has 0 radical (unpaired) electrons. The van der Waals surface area contributed by atoms with Crippen LogP contribution in [0.15, 0.2) is 30.3 Å². The summed E-state index contributed by atoms with van der Waals surface area (Å²) in [5, 5.41) is 6.80. The minimum absolute atomic E-state index is 0.0354. The third-order valence-corrected chi connectivity index (χ3v) is 4.93. The number of carbonyl (C=O) groups is 1. The average molecular weight is 327 g/mol. The lowest BCUT2D eigenvalue weighted by molar-refractivity contribution is -0.117. The van der Waals surface area contributed by atoms with Crippen molar-refractivity contribution in [2.45, 2.75) is 19.0 Å². The number of fused-ring (bicyclic) bond motifs is 1. The van der Waals surface area contributed by atoms with Crippen LogP contribution in [0.2, 0.25) is 9.36 Å². The highest BCUT2D eigenvalue weighted by Gasteiger charge is 2.31. The Balaban J connectivity index is 1.85. The minimum Gasteiger partial charge on any atom is -0.324 e. The Morgan fingerprint density at radius 1 is 1.30 bits per heavy atom. The lowest BCUT2D eigenvalue weighted by atomic mass is 10.1. The fourth-order valence-corrected chi connectivity index (χ4v) is 3.54. The maximum absolute atomic E-state index is 12.1. The standard InChI is InChI=1S/C14H12Cl2N2OS/c1-7(11-4-5-12(16)20-11)17-13-9-6-8(15)2-3-10(9)18-14(13)19/h2-7,13,17H,1H3,(H,18,19). The average Bonchev–Trinajstić information content (AvgIpc) is 2.95. The molecule has 2 atom stereocenters. The number of halogens is 2. The Hall–Kier alpha value is -1.07. The van der Waals surface area contributed by atoms with E-state index in [2.05, 4.69) is 10.6 Å². The van der Waals surface area contributed by atoms with Gasteiger partial charge in [-0.3, -0.25) is 10.1 Å². The molecular formula is C14H12Cl2N2OS. The quantitative estimate of drug-likeness (QED) is 0.877. The lowest BCUT2D eigenvalue weighted by Crippen LogP contribution is -2.29. The van der Waals surface area contributed by atoms with Crippen molar-refractivity contribution in [2.24, 2.45) is 0 Å². The topological polar surface area (TPSA) is 41.1 Å². The summed E-state index contributed by atoms with van der Waals surface area (Å²) >= 11 is 13.5. The number of nitrogens with one attached hydrogen (secondary N) is 2. The molecule has 2 unspecified atom stereocenters. The molecule has 1 aromatic carbocycles. The SMILES string of the molecule is CC(NC1C(=O)Nc2ccc(Cl)cc21)c1ccc(Cl)s1. The normalized spacial score (nSPS) is 18.8. The fraction of sp³-hybridized carbons (Fsp3) is 0.214. The van der Waals surface area contributed by atoms with Gasteiger partial charge >= 0.3 is 0 Å². The zero-order valence-electron chi connectivity index (χ0n) is 10.6. The third kappa shape index (κ3) is 2.56. The minimum atomic E-state index is -0.389. The van der Waals surface area contributed by atoms with Crippen LogP contribution in [-0.2, 0) is 4.79 Å². The lowest BCUT2D eigenvalue weighted by Gasteiger charge is -2.17. The maximum atomic E-state index is 12.1. The molecule has 0 aliphatic carbocycles. The van der Waals surface area contributed by atoms with Gasteiger partial charge in [-0.2, -0.15) is 0 Å². The molecule has 104 valence electrons. The van der Waals surface area contributed by atoms with Gasteiger partial charge < -0.3 is 5.32 Å². The largest absolute Gasteiger partial charge is 0.324 e. The van der Waals surface area contributed by atoms with Crippen molar-refractivity contribution in [3.63, 3.8) is 0 Å². The smallest absolute Gasteiger partial charge is 0.246 e. The first kappa shape index (κ1) is 13.9. The van der Waals surface area contributed by atoms with Gasteiger partial charge in [-0.25, -0.2) is 0 Å². The van der Waals surface area contributed by atoms with Gasteiger partial charge in [-0.05, 0) is 37.3 Å². The summed E-state index contributed by atoms with van der Waals surface area (Å²) in [6, 6.07) is 8.89. The molecule has 2 N–H and O–H groups in total. The number of amides is 1. The van der Waals surface area contributed by atoms with E-state index < -0.39 is 0 Å². The molecule has 1 aromatic heterocycles. The molecule has 0 fully saturated rings. The van der Waals surface area contributed by atoms with E-state index in [1.54, 1.807) is 6.07 Å². The highest BCUT2D eigenvalue weighted by molar-refractivity contribution is 7.16. The first-order valence-electron chi connectivity index (χ1n) is 6.16. The number of thiophene rings is 1. The molecule has 0 bridgehead atoms. The molecule has 6 heteroatoms. The van der Waals surface area contributed by atoms with Crippen LogP contribution in [-0.4, -0.2) is 5.91 Å². The summed E-state index contributed by atoms with van der Waals surface area (Å²) in [4.78, 5) is 13.2. The number of hydrogen-bond donors (Lipinski definition) is 2. The van der Waals surface area contributed by atoms with Gasteiger partial charge in [-0.1, -0.05) is 23.2 Å². The molecule has 1 aliphatic rings. The van der Waals surface area contributed by atoms with Crippen LogP contribution in [0.5, 0.6) is 0 Å². The van der Waals surface area contributed by atoms with Crippen LogP contribution in [0.25, 0.3) is 0 Å². The van der Waals surface area contributed by atoms with Crippen molar-refractivity contribution in [1.82, 2.24) is 5.32 Å². The van der Waals surface area contributed by atoms with Gasteiger partial charge in [-0.15, -0.1) is 11.3 Å². The van der Waals surface area contributed by atoms with Crippen molar-refractivity contribution in [3.05, 3.63) is 50.1 Å². The summed E-state index contributed by atoms with van der Waals surface area (Å²) < 4.78 is 0.743. The Bertz CT molecular complexity index is 671. The van der Waals surface area contributed by atoms with Crippen molar-refractivity contribution in [3.8, 4) is 0 Å². The predicted octanol–water partition coefficient (Wildman–Crippen LogP) is 4.40. The van der Waals surface area contributed by atoms with Crippen LogP contribution >= 0.6 is 34.5 Å². The molecular weight excluding hydrogens is 315 g/mol. The molecule has 20 heavy (non-hydrogen) atoms. The van der Waals surface area contributed by atoms with Crippen molar-refractivity contribution in [1.29, 1.82) is 0 Å². The Morgan fingerprint density at radius 3 is 2.80 bits per heavy atom. The van der Waals surface area contributed by atoms with Crippen LogP contribution in [0.3, 0.4) is 0 Å². The Labute approximate surface area is 130 Å². The molecule has 3 rings (SSSR count). The van der Waals surface area contributed by atoms with E-state index in [0.29, 0.717) is 5.02 Å². The first-order valence-corrected chi connectivity index (χ1v) is 7.73. The molecule has 2 aromatic rings. The Morgan fingerprint density at radius 2 is 2.10 bits per heavy atom. The second kappa shape index (κ2) is 5.37. The van der Waals surface area contributed by atoms with E-state index in [0.717, 1.165) is 20.5 Å². The second-order valence-corrected chi connectivity index (χ2v) is 6.87. The summed E-state index contributed by atoms with van der Waals surface area (Å²) in [7, 11) is 0. The van der Waals surface area contributed by atoms with Crippen LogP contribution in [0, 0.1) is 0 Å². The molecule has 0 spiro atoms. The number of benzene rings is 1. The summed E-state index contributed by atoms with van der Waals surface area (Å²) in [5.74, 6) is -0.0585. The number of anilines is 1. The van der Waals surface area contributed by atoms with Crippen molar-refractivity contribution < 1.29 is 4.79 Å². The van der Waals surface area contributed by atoms with E-state index in [4.69, 9.17) is 23.2 Å². The highest BCUT2D eigenvalue weighted by atomic mass is 35.5. The van der Waals surface area contributed by atoms with Crippen molar-refractivity contribution in [2.75, 3.05) is 5.32 Å². The van der Waals surface area contributed by atoms with Gasteiger partial charge in [0.2, 0.25) is 5.91 Å². The highest BCUT2D eigenvalue weighted by Crippen LogP contribution is 2.35. The number of rotatable bonds is 3. The predicted molar refractivity (Wildman–Crippen MR) is 83.7 cm³/mol. The molecule has 3 nitrogen and oxygen atoms in total. The number of carbonyl (C=O) groups excluding carboxylic acids is 1. The van der Waals surface area contributed by atoms with E-state index in [1.165, 1.54) is 11.3 Å². The zero-order chi connectivity index (χ0) is 14.3. The van der Waals surface area contributed by atoms with Crippen molar-refractivity contribution >= 4 is 46.1 Å². The molecule has 0 saturated heterocycles. The third-order valence-electron chi connectivity index (χ3n) is 3.28. The summed E-state index contributed by atoms with van der Waals surface area (Å²) in [5.41, 5.74) is 1.70. The van der Waals surface area contributed by atoms with Crippen LogP contribution in [0.4, 0.5) is 5.69 Å². The summed E-state index contributed by atoms with van der Waals surface area (Å²) in [6.07, 6.45) is 0. The molecule has 1 amide bonds.